The molecule has 0 amide bonds. The standard InChI is InChI=1S/C14H19N3O/c1-4-17-8-7-14(16-17)15-11(3)12-9-10(2)5-6-13(12)18/h5-9,11,18H,4H2,1-3H3,(H,15,16). The lowest BCUT2D eigenvalue weighted by Crippen LogP contribution is -2.08. The quantitative estimate of drug-likeness (QED) is 0.870. The first-order valence-corrected chi connectivity index (χ1v) is 6.19. The largest absolute Gasteiger partial charge is 0.508 e. The van der Waals surface area contributed by atoms with E-state index in [2.05, 4.69) is 10.4 Å². The van der Waals surface area contributed by atoms with Crippen molar-refractivity contribution in [3.8, 4) is 5.75 Å². The minimum atomic E-state index is 0.0186. The Bertz CT molecular complexity index is 534. The minimum Gasteiger partial charge on any atom is -0.508 e. The number of anilines is 1. The van der Waals surface area contributed by atoms with Gasteiger partial charge in [0.15, 0.2) is 0 Å². The van der Waals surface area contributed by atoms with Gasteiger partial charge in [0.05, 0.1) is 6.04 Å². The van der Waals surface area contributed by atoms with Crippen LogP contribution in [0.5, 0.6) is 5.75 Å². The smallest absolute Gasteiger partial charge is 0.148 e. The number of aryl methyl sites for hydroxylation is 2. The van der Waals surface area contributed by atoms with Gasteiger partial charge in [0.1, 0.15) is 11.6 Å². The van der Waals surface area contributed by atoms with E-state index in [1.54, 1.807) is 6.07 Å². The molecule has 4 nitrogen and oxygen atoms in total. The van der Waals surface area contributed by atoms with E-state index in [1.807, 2.05) is 49.8 Å². The van der Waals surface area contributed by atoms with E-state index < -0.39 is 0 Å². The van der Waals surface area contributed by atoms with Crippen molar-refractivity contribution in [1.82, 2.24) is 9.78 Å². The maximum Gasteiger partial charge on any atom is 0.148 e. The molecule has 0 aliphatic heterocycles. The second-order valence-electron chi connectivity index (χ2n) is 4.48. The first-order valence-electron chi connectivity index (χ1n) is 6.19. The fourth-order valence-electron chi connectivity index (χ4n) is 1.94. The summed E-state index contributed by atoms with van der Waals surface area (Å²) in [7, 11) is 0. The van der Waals surface area contributed by atoms with Crippen molar-refractivity contribution in [1.29, 1.82) is 0 Å². The summed E-state index contributed by atoms with van der Waals surface area (Å²) in [5, 5.41) is 17.5. The Morgan fingerprint density at radius 2 is 2.17 bits per heavy atom. The van der Waals surface area contributed by atoms with Gasteiger partial charge in [0.2, 0.25) is 0 Å². The fourth-order valence-corrected chi connectivity index (χ4v) is 1.94. The first kappa shape index (κ1) is 12.5. The first-order chi connectivity index (χ1) is 8.60. The molecule has 0 spiro atoms. The van der Waals surface area contributed by atoms with Crippen LogP contribution in [0.2, 0.25) is 0 Å². The summed E-state index contributed by atoms with van der Waals surface area (Å²) in [6.45, 7) is 6.93. The predicted octanol–water partition coefficient (Wildman–Crippen LogP) is 3.09. The van der Waals surface area contributed by atoms with E-state index in [9.17, 15) is 5.11 Å². The molecular formula is C14H19N3O. The Morgan fingerprint density at radius 1 is 1.39 bits per heavy atom. The van der Waals surface area contributed by atoms with Crippen LogP contribution in [0.1, 0.15) is 31.0 Å². The molecule has 0 saturated carbocycles. The Morgan fingerprint density at radius 3 is 2.83 bits per heavy atom. The van der Waals surface area contributed by atoms with Crippen molar-refractivity contribution >= 4 is 5.82 Å². The fraction of sp³-hybridized carbons (Fsp3) is 0.357. The maximum atomic E-state index is 9.87. The number of rotatable bonds is 4. The second kappa shape index (κ2) is 5.12. The molecule has 2 aromatic rings. The van der Waals surface area contributed by atoms with Crippen LogP contribution in [0.25, 0.3) is 0 Å². The van der Waals surface area contributed by atoms with Crippen molar-refractivity contribution in [3.05, 3.63) is 41.6 Å². The summed E-state index contributed by atoms with van der Waals surface area (Å²) in [5.41, 5.74) is 2.02. The molecule has 0 radical (unpaired) electrons. The Kier molecular flexibility index (Phi) is 3.55. The number of nitrogens with one attached hydrogen (secondary N) is 1. The lowest BCUT2D eigenvalue weighted by molar-refractivity contribution is 0.465. The molecule has 1 heterocycles. The molecule has 0 fully saturated rings. The van der Waals surface area contributed by atoms with E-state index in [0.717, 1.165) is 23.5 Å². The molecule has 96 valence electrons. The van der Waals surface area contributed by atoms with Gasteiger partial charge in [-0.1, -0.05) is 17.7 Å². The molecule has 0 aliphatic carbocycles. The van der Waals surface area contributed by atoms with E-state index in [4.69, 9.17) is 0 Å². The summed E-state index contributed by atoms with van der Waals surface area (Å²) in [6, 6.07) is 7.58. The average Bonchev–Trinajstić information content (AvgIpc) is 2.80. The second-order valence-corrected chi connectivity index (χ2v) is 4.48. The molecule has 4 heteroatoms. The van der Waals surface area contributed by atoms with Crippen molar-refractivity contribution in [2.24, 2.45) is 0 Å². The van der Waals surface area contributed by atoms with Crippen molar-refractivity contribution < 1.29 is 5.11 Å². The average molecular weight is 245 g/mol. The van der Waals surface area contributed by atoms with Crippen LogP contribution in [0.3, 0.4) is 0 Å². The van der Waals surface area contributed by atoms with Crippen LogP contribution < -0.4 is 5.32 Å². The number of phenols is 1. The van der Waals surface area contributed by atoms with Crippen LogP contribution in [0, 0.1) is 6.92 Å². The highest BCUT2D eigenvalue weighted by Gasteiger charge is 2.11. The molecule has 2 rings (SSSR count). The molecule has 18 heavy (non-hydrogen) atoms. The number of hydrogen-bond donors (Lipinski definition) is 2. The van der Waals surface area contributed by atoms with Gasteiger partial charge in [-0.25, -0.2) is 0 Å². The maximum absolute atomic E-state index is 9.87. The van der Waals surface area contributed by atoms with Crippen molar-refractivity contribution in [3.63, 3.8) is 0 Å². The van der Waals surface area contributed by atoms with Gasteiger partial charge >= 0.3 is 0 Å². The molecule has 1 aromatic heterocycles. The van der Waals surface area contributed by atoms with Crippen LogP contribution in [-0.4, -0.2) is 14.9 Å². The van der Waals surface area contributed by atoms with Crippen molar-refractivity contribution in [2.45, 2.75) is 33.4 Å². The highest BCUT2D eigenvalue weighted by molar-refractivity contribution is 5.43. The topological polar surface area (TPSA) is 50.1 Å². The third kappa shape index (κ3) is 2.64. The zero-order valence-corrected chi connectivity index (χ0v) is 11.0. The number of nitrogens with zero attached hydrogens (tertiary/aromatic N) is 2. The van der Waals surface area contributed by atoms with Crippen LogP contribution in [0.15, 0.2) is 30.5 Å². The lowest BCUT2D eigenvalue weighted by atomic mass is 10.0. The molecule has 0 aliphatic rings. The van der Waals surface area contributed by atoms with Gasteiger partial charge < -0.3 is 10.4 Å². The van der Waals surface area contributed by atoms with Crippen LogP contribution >= 0.6 is 0 Å². The molecule has 1 unspecified atom stereocenters. The van der Waals surface area contributed by atoms with Crippen LogP contribution in [-0.2, 0) is 6.54 Å². The van der Waals surface area contributed by atoms with Gasteiger partial charge in [0, 0.05) is 24.4 Å². The Hall–Kier alpha value is -1.97. The molecule has 2 N–H and O–H groups in total. The number of hydrogen-bond acceptors (Lipinski definition) is 3. The van der Waals surface area contributed by atoms with Gasteiger partial charge in [-0.15, -0.1) is 0 Å². The zero-order valence-electron chi connectivity index (χ0n) is 11.0. The van der Waals surface area contributed by atoms with Gasteiger partial charge in [-0.05, 0) is 26.8 Å². The van der Waals surface area contributed by atoms with E-state index >= 15 is 0 Å². The highest BCUT2D eigenvalue weighted by Crippen LogP contribution is 2.27. The molecule has 1 aromatic carbocycles. The van der Waals surface area contributed by atoms with Gasteiger partial charge in [0.25, 0.3) is 0 Å². The normalized spacial score (nSPS) is 12.4. The highest BCUT2D eigenvalue weighted by atomic mass is 16.3. The van der Waals surface area contributed by atoms with E-state index in [-0.39, 0.29) is 6.04 Å². The Labute approximate surface area is 107 Å². The lowest BCUT2D eigenvalue weighted by Gasteiger charge is -2.15. The third-order valence-electron chi connectivity index (χ3n) is 2.98. The number of phenolic OH excluding ortho intramolecular Hbond substituents is 1. The minimum absolute atomic E-state index is 0.0186. The summed E-state index contributed by atoms with van der Waals surface area (Å²) in [6.07, 6.45) is 1.94. The zero-order chi connectivity index (χ0) is 13.1. The molecule has 1 atom stereocenters. The number of aromatic nitrogens is 2. The van der Waals surface area contributed by atoms with Crippen LogP contribution in [0.4, 0.5) is 5.82 Å². The Balaban J connectivity index is 2.16. The SMILES string of the molecule is CCn1ccc(NC(C)c2cc(C)ccc2O)n1. The van der Waals surface area contributed by atoms with Gasteiger partial charge in [-0.2, -0.15) is 5.10 Å². The molecular weight excluding hydrogens is 226 g/mol. The van der Waals surface area contributed by atoms with E-state index in [0.29, 0.717) is 5.75 Å². The number of aromatic hydroxyl groups is 1. The van der Waals surface area contributed by atoms with E-state index in [1.165, 1.54) is 0 Å². The van der Waals surface area contributed by atoms with Gasteiger partial charge in [-0.3, -0.25) is 4.68 Å². The van der Waals surface area contributed by atoms with Crippen molar-refractivity contribution in [2.75, 3.05) is 5.32 Å². The number of benzene rings is 1. The molecule has 0 bridgehead atoms. The predicted molar refractivity (Wildman–Crippen MR) is 72.8 cm³/mol. The monoisotopic (exact) mass is 245 g/mol. The third-order valence-corrected chi connectivity index (χ3v) is 2.98. The summed E-state index contributed by atoms with van der Waals surface area (Å²) < 4.78 is 1.87. The summed E-state index contributed by atoms with van der Waals surface area (Å²) in [5.74, 6) is 1.14. The summed E-state index contributed by atoms with van der Waals surface area (Å²) >= 11 is 0. The molecule has 0 saturated heterocycles. The summed E-state index contributed by atoms with van der Waals surface area (Å²) in [4.78, 5) is 0.